The van der Waals surface area contributed by atoms with Crippen molar-refractivity contribution in [3.05, 3.63) is 46.0 Å². The summed E-state index contributed by atoms with van der Waals surface area (Å²) < 4.78 is 18.4. The smallest absolute Gasteiger partial charge is 0.316 e. The van der Waals surface area contributed by atoms with E-state index in [-0.39, 0.29) is 25.2 Å². The van der Waals surface area contributed by atoms with E-state index >= 15 is 0 Å². The van der Waals surface area contributed by atoms with Gasteiger partial charge < -0.3 is 14.9 Å². The van der Waals surface area contributed by atoms with Crippen LogP contribution < -0.4 is 0 Å². The number of nitrogens with zero attached hydrogens (tertiary/aromatic N) is 2. The van der Waals surface area contributed by atoms with Crippen LogP contribution in [0.5, 0.6) is 0 Å². The molecule has 10 nitrogen and oxygen atoms in total. The van der Waals surface area contributed by atoms with Crippen molar-refractivity contribution in [2.24, 2.45) is 0 Å². The van der Waals surface area contributed by atoms with Gasteiger partial charge in [0.2, 0.25) is 11.0 Å². The summed E-state index contributed by atoms with van der Waals surface area (Å²) in [5, 5.41) is 23.4. The van der Waals surface area contributed by atoms with Crippen LogP contribution in [0.25, 0.3) is 6.08 Å². The maximum Gasteiger partial charge on any atom is 0.316 e. The van der Waals surface area contributed by atoms with E-state index in [9.17, 15) is 33.6 Å². The Hall–Kier alpha value is -2.45. The zero-order valence-electron chi connectivity index (χ0n) is 22.1. The Morgan fingerprint density at radius 3 is 2.72 bits per heavy atom. The zero-order chi connectivity index (χ0) is 29.0. The predicted molar refractivity (Wildman–Crippen MR) is 150 cm³/mol. The number of carbonyl (C=O) groups is 4. The number of allylic oxidation sites excluding steroid dienone is 3. The fourth-order valence-electron chi connectivity index (χ4n) is 4.35. The minimum absolute atomic E-state index is 0.0724. The lowest BCUT2D eigenvalue weighted by Gasteiger charge is -2.39. The largest absolute Gasteiger partial charge is 0.465 e. The molecule has 0 aliphatic carbocycles. The van der Waals surface area contributed by atoms with Crippen LogP contribution in [-0.4, -0.2) is 75.3 Å². The molecule has 4 bridgehead atoms. The van der Waals surface area contributed by atoms with Crippen molar-refractivity contribution in [1.82, 2.24) is 9.29 Å². The van der Waals surface area contributed by atoms with Gasteiger partial charge in [0, 0.05) is 5.38 Å². The van der Waals surface area contributed by atoms with E-state index < -0.39 is 62.7 Å². The highest BCUT2D eigenvalue weighted by molar-refractivity contribution is 8.14. The Morgan fingerprint density at radius 2 is 2.03 bits per heavy atom. The van der Waals surface area contributed by atoms with Gasteiger partial charge >= 0.3 is 5.97 Å². The second-order valence-electron chi connectivity index (χ2n) is 9.46. The molecule has 212 valence electrons. The molecular weight excluding hydrogens is 564 g/mol. The first-order chi connectivity index (χ1) is 18.3. The highest BCUT2D eigenvalue weighted by Crippen LogP contribution is 2.48. The van der Waals surface area contributed by atoms with Crippen LogP contribution in [0.2, 0.25) is 0 Å². The molecule has 1 aromatic rings. The molecule has 0 unspecified atom stereocenters. The van der Waals surface area contributed by atoms with Crippen molar-refractivity contribution in [2.45, 2.75) is 69.5 Å². The van der Waals surface area contributed by atoms with Gasteiger partial charge in [0.1, 0.15) is 32.4 Å². The van der Waals surface area contributed by atoms with Crippen LogP contribution >= 0.6 is 23.1 Å². The summed E-state index contributed by atoms with van der Waals surface area (Å²) in [6.07, 6.45) is 5.57. The van der Waals surface area contributed by atoms with Gasteiger partial charge in [-0.15, -0.1) is 11.3 Å². The van der Waals surface area contributed by atoms with Gasteiger partial charge in [-0.2, -0.15) is 0 Å². The number of hydrogen-bond acceptors (Lipinski definition) is 11. The zero-order valence-corrected chi connectivity index (χ0v) is 24.6. The molecular formula is C26H32N2O8S3. The van der Waals surface area contributed by atoms with E-state index in [4.69, 9.17) is 4.74 Å². The summed E-state index contributed by atoms with van der Waals surface area (Å²) in [4.78, 5) is 55.3. The number of rotatable bonds is 5. The number of fused-ring (bicyclic) bond motifs is 4. The summed E-state index contributed by atoms with van der Waals surface area (Å²) in [5.41, 5.74) is -1.18. The Bertz CT molecular complexity index is 1250. The molecule has 1 amide bonds. The molecule has 0 radical (unpaired) electrons. The number of esters is 1. The van der Waals surface area contributed by atoms with Gasteiger partial charge in [-0.1, -0.05) is 29.5 Å². The molecule has 2 aliphatic rings. The molecule has 2 N–H and O–H groups in total. The number of hydrogen-bond donors (Lipinski definition) is 2. The topological polar surface area (TPSA) is 151 Å². The minimum Gasteiger partial charge on any atom is -0.465 e. The van der Waals surface area contributed by atoms with Crippen LogP contribution in [0.1, 0.15) is 63.7 Å². The molecule has 0 spiro atoms. The van der Waals surface area contributed by atoms with Gasteiger partial charge in [-0.05, 0) is 58.8 Å². The van der Waals surface area contributed by atoms with Crippen molar-refractivity contribution in [1.29, 1.82) is 0 Å². The quantitative estimate of drug-likeness (QED) is 0.383. The highest BCUT2D eigenvalue weighted by Gasteiger charge is 2.64. The van der Waals surface area contributed by atoms with E-state index in [0.717, 1.165) is 4.31 Å². The molecule has 3 rings (SSSR count). The van der Waals surface area contributed by atoms with Crippen LogP contribution in [-0.2, 0) is 34.9 Å². The predicted octanol–water partition coefficient (Wildman–Crippen LogP) is 2.65. The second kappa shape index (κ2) is 12.8. The Morgan fingerprint density at radius 1 is 1.33 bits per heavy atom. The van der Waals surface area contributed by atoms with Crippen LogP contribution in [0.4, 0.5) is 0 Å². The number of ketones is 1. The van der Waals surface area contributed by atoms with Crippen molar-refractivity contribution >= 4 is 62.9 Å². The van der Waals surface area contributed by atoms with Crippen LogP contribution in [0, 0.1) is 0 Å². The number of carbonyl (C=O) groups excluding carboxylic acids is 4. The summed E-state index contributed by atoms with van der Waals surface area (Å²) in [7, 11) is -2.18. The van der Waals surface area contributed by atoms with E-state index in [1.54, 1.807) is 38.3 Å². The molecule has 2 aliphatic heterocycles. The van der Waals surface area contributed by atoms with Gasteiger partial charge in [0.15, 0.2) is 5.78 Å². The summed E-state index contributed by atoms with van der Waals surface area (Å²) in [5.74, 6) is -2.06. The summed E-state index contributed by atoms with van der Waals surface area (Å²) in [6.45, 7) is 6.30. The summed E-state index contributed by atoms with van der Waals surface area (Å²) >= 11 is 1.80. The number of thioether (sulfide) groups is 1. The highest BCUT2D eigenvalue weighted by atomic mass is 32.2. The van der Waals surface area contributed by atoms with Crippen molar-refractivity contribution in [3.8, 4) is 0 Å². The third-order valence-electron chi connectivity index (χ3n) is 6.65. The number of aromatic nitrogens is 1. The van der Waals surface area contributed by atoms with Crippen molar-refractivity contribution in [3.63, 3.8) is 0 Å². The molecule has 3 heterocycles. The van der Waals surface area contributed by atoms with Crippen LogP contribution in [0.15, 0.2) is 35.3 Å². The Balaban J connectivity index is 2.06. The maximum absolute atomic E-state index is 14.2. The molecule has 0 saturated carbocycles. The normalized spacial score (nSPS) is 30.6. The van der Waals surface area contributed by atoms with Crippen molar-refractivity contribution in [2.75, 3.05) is 12.4 Å². The monoisotopic (exact) mass is 596 g/mol. The molecule has 1 fully saturated rings. The number of ether oxygens (including phenoxy) is 1. The molecule has 1 saturated heterocycles. The lowest BCUT2D eigenvalue weighted by atomic mass is 9.81. The van der Waals surface area contributed by atoms with Gasteiger partial charge in [0.25, 0.3) is 0 Å². The van der Waals surface area contributed by atoms with Gasteiger partial charge in [0.05, 0.1) is 30.5 Å². The molecule has 0 aromatic carbocycles. The molecule has 1 aromatic heterocycles. The van der Waals surface area contributed by atoms with Crippen molar-refractivity contribution < 1.29 is 38.3 Å². The Labute approximate surface area is 237 Å². The lowest BCUT2D eigenvalue weighted by molar-refractivity contribution is -0.140. The second-order valence-corrected chi connectivity index (χ2v) is 13.0. The summed E-state index contributed by atoms with van der Waals surface area (Å²) in [6, 6.07) is -0.711. The molecule has 5 atom stereocenters. The third kappa shape index (κ3) is 6.65. The number of aliphatic hydroxyl groups excluding tert-OH is 1. The average Bonchev–Trinajstić information content (AvgIpc) is 3.45. The number of thiazole rings is 1. The minimum atomic E-state index is -2.28. The average molecular weight is 597 g/mol. The van der Waals surface area contributed by atoms with Crippen LogP contribution in [0.3, 0.4) is 0 Å². The fraction of sp³-hybridized carbons (Fsp3) is 0.500. The third-order valence-corrected chi connectivity index (χ3v) is 11.0. The first kappa shape index (κ1) is 31.1. The fourth-order valence-corrected chi connectivity index (χ4v) is 8.09. The molecule has 13 heteroatoms. The van der Waals surface area contributed by atoms with Gasteiger partial charge in [-0.3, -0.25) is 23.5 Å². The number of aliphatic hydroxyl groups is 2. The van der Waals surface area contributed by atoms with E-state index in [1.807, 2.05) is 0 Å². The Kier molecular flexibility index (Phi) is 10.2. The maximum atomic E-state index is 14.2. The SMILES string of the molecule is CCOC(=O)CSC(=O)[C@](C)(O)[C@@]12CC/C(C)=C/[C@@H](O)C(=O)/C=C/C=C\c3csc(n3)[C@@H](C)N(C(=O)C1)[S@@]2=O. The lowest BCUT2D eigenvalue weighted by Crippen LogP contribution is -2.58. The van der Waals surface area contributed by atoms with E-state index in [2.05, 4.69) is 4.98 Å². The number of amides is 1. The first-order valence-electron chi connectivity index (χ1n) is 12.3. The first-order valence-corrected chi connectivity index (χ1v) is 15.3. The van der Waals surface area contributed by atoms with E-state index in [1.165, 1.54) is 36.5 Å². The van der Waals surface area contributed by atoms with Gasteiger partial charge in [-0.25, -0.2) is 9.19 Å². The van der Waals surface area contributed by atoms with E-state index in [0.29, 0.717) is 28.0 Å². The standard InChI is InChI=1S/C26H32N2O8S3/c1-5-36-22(32)15-38-24(33)25(4,34)26-11-10-16(2)12-20(30)19(29)9-7-6-8-18-14-37-23(27-18)17(3)28(39(26)35)21(31)13-26/h6-9,12,14,17,20,30,34H,5,10-11,13,15H2,1-4H3/b8-6-,9-7+,16-12+/t17-,20-,25+,26-,39-/m1/s1. The molecule has 39 heavy (non-hydrogen) atoms.